The maximum atomic E-state index is 9.93. The molecule has 3 rings (SSSR count). The lowest BCUT2D eigenvalue weighted by Crippen LogP contribution is -2.02. The zero-order valence-corrected chi connectivity index (χ0v) is 12.1. The van der Waals surface area contributed by atoms with Crippen molar-refractivity contribution in [1.29, 1.82) is 5.26 Å². The number of allylic oxidation sites excluding steroid dienone is 1. The van der Waals surface area contributed by atoms with Crippen LogP contribution in [0.25, 0.3) is 17.1 Å². The molecule has 0 aliphatic carbocycles. The molecule has 0 unspecified atom stereocenters. The van der Waals surface area contributed by atoms with Crippen LogP contribution in [0, 0.1) is 18.3 Å². The van der Waals surface area contributed by atoms with Gasteiger partial charge in [0, 0.05) is 11.8 Å². The van der Waals surface area contributed by atoms with Crippen molar-refractivity contribution in [3.05, 3.63) is 59.7 Å². The zero-order chi connectivity index (χ0) is 15.5. The Labute approximate surface area is 127 Å². The summed E-state index contributed by atoms with van der Waals surface area (Å²) in [6.07, 6.45) is 4.92. The number of pyridine rings is 1. The number of benzene rings is 1. The molecule has 2 aromatic heterocycles. The van der Waals surface area contributed by atoms with Gasteiger partial charge in [-0.15, -0.1) is 0 Å². The van der Waals surface area contributed by atoms with E-state index in [2.05, 4.69) is 9.97 Å². The van der Waals surface area contributed by atoms with Crippen LogP contribution in [0.15, 0.2) is 42.7 Å². The molecule has 0 aliphatic heterocycles. The van der Waals surface area contributed by atoms with E-state index in [9.17, 15) is 5.11 Å². The van der Waals surface area contributed by atoms with E-state index in [4.69, 9.17) is 5.26 Å². The molecular formula is C17H14N4O. The number of aromatic hydroxyl groups is 1. The second-order valence-electron chi connectivity index (χ2n) is 5.00. The summed E-state index contributed by atoms with van der Waals surface area (Å²) in [6, 6.07) is 11.2. The Balaban J connectivity index is 2.02. The van der Waals surface area contributed by atoms with Crippen molar-refractivity contribution in [2.45, 2.75) is 13.5 Å². The van der Waals surface area contributed by atoms with Crippen molar-refractivity contribution in [3.8, 4) is 11.8 Å². The number of hydrogen-bond donors (Lipinski definition) is 1. The summed E-state index contributed by atoms with van der Waals surface area (Å²) >= 11 is 0. The van der Waals surface area contributed by atoms with E-state index >= 15 is 0 Å². The third kappa shape index (κ3) is 2.67. The highest BCUT2D eigenvalue weighted by Crippen LogP contribution is 2.20. The topological polar surface area (TPSA) is 74.7 Å². The summed E-state index contributed by atoms with van der Waals surface area (Å²) in [5, 5.41) is 18.5. The van der Waals surface area contributed by atoms with Gasteiger partial charge in [0.2, 0.25) is 0 Å². The van der Waals surface area contributed by atoms with E-state index in [1.807, 2.05) is 35.8 Å². The minimum absolute atomic E-state index is 0.174. The molecule has 0 radical (unpaired) electrons. The molecular weight excluding hydrogens is 276 g/mol. The highest BCUT2D eigenvalue weighted by Gasteiger charge is 2.08. The molecule has 3 aromatic rings. The molecule has 2 heterocycles. The van der Waals surface area contributed by atoms with Gasteiger partial charge < -0.3 is 9.67 Å². The summed E-state index contributed by atoms with van der Waals surface area (Å²) in [4.78, 5) is 8.72. The maximum absolute atomic E-state index is 9.93. The molecule has 0 amide bonds. The lowest BCUT2D eigenvalue weighted by Gasteiger charge is -2.07. The van der Waals surface area contributed by atoms with Gasteiger partial charge in [-0.2, -0.15) is 5.26 Å². The van der Waals surface area contributed by atoms with Crippen LogP contribution in [0.3, 0.4) is 0 Å². The fourth-order valence-electron chi connectivity index (χ4n) is 2.32. The molecule has 0 bridgehead atoms. The Morgan fingerprint density at radius 1 is 1.32 bits per heavy atom. The van der Waals surface area contributed by atoms with Gasteiger partial charge in [-0.25, -0.2) is 4.98 Å². The lowest BCUT2D eigenvalue weighted by molar-refractivity contribution is 0.461. The predicted molar refractivity (Wildman–Crippen MR) is 84.1 cm³/mol. The number of hydrogen-bond acceptors (Lipinski definition) is 4. The number of imidazole rings is 1. The van der Waals surface area contributed by atoms with Crippen LogP contribution in [0.1, 0.15) is 17.0 Å². The smallest absolute Gasteiger partial charge is 0.138 e. The highest BCUT2D eigenvalue weighted by atomic mass is 16.3. The highest BCUT2D eigenvalue weighted by molar-refractivity contribution is 5.78. The Morgan fingerprint density at radius 2 is 2.18 bits per heavy atom. The van der Waals surface area contributed by atoms with E-state index in [-0.39, 0.29) is 5.75 Å². The van der Waals surface area contributed by atoms with Crippen molar-refractivity contribution in [2.75, 3.05) is 0 Å². The van der Waals surface area contributed by atoms with Gasteiger partial charge in [-0.05, 0) is 42.8 Å². The average Bonchev–Trinajstić information content (AvgIpc) is 2.91. The van der Waals surface area contributed by atoms with Crippen molar-refractivity contribution < 1.29 is 5.11 Å². The van der Waals surface area contributed by atoms with Crippen molar-refractivity contribution >= 4 is 17.1 Å². The van der Waals surface area contributed by atoms with Crippen LogP contribution < -0.4 is 0 Å². The van der Waals surface area contributed by atoms with Crippen molar-refractivity contribution in [2.24, 2.45) is 0 Å². The Hall–Kier alpha value is -3.13. The monoisotopic (exact) mass is 290 g/mol. The van der Waals surface area contributed by atoms with E-state index < -0.39 is 0 Å². The largest absolute Gasteiger partial charge is 0.506 e. The molecule has 0 fully saturated rings. The summed E-state index contributed by atoms with van der Waals surface area (Å²) in [7, 11) is 0. The third-order valence-electron chi connectivity index (χ3n) is 3.40. The predicted octanol–water partition coefficient (Wildman–Crippen LogP) is 3.03. The standard InChI is InChI=1S/C17H14N4O/c1-12-4-7-17(22)15(20-12)10-21-11-19-14-6-5-13(3-2-8-18)9-16(14)21/h2-7,9,11,22H,10H2,1H3/b3-2+. The van der Waals surface area contributed by atoms with Gasteiger partial charge >= 0.3 is 0 Å². The minimum atomic E-state index is 0.174. The number of aromatic nitrogens is 3. The van der Waals surface area contributed by atoms with Gasteiger partial charge in [-0.3, -0.25) is 4.98 Å². The van der Waals surface area contributed by atoms with Crippen LogP contribution >= 0.6 is 0 Å². The third-order valence-corrected chi connectivity index (χ3v) is 3.40. The fraction of sp³-hybridized carbons (Fsp3) is 0.118. The first-order valence-corrected chi connectivity index (χ1v) is 6.84. The van der Waals surface area contributed by atoms with Gasteiger partial charge in [0.1, 0.15) is 11.4 Å². The van der Waals surface area contributed by atoms with Gasteiger partial charge in [0.25, 0.3) is 0 Å². The van der Waals surface area contributed by atoms with E-state index in [0.29, 0.717) is 12.2 Å². The first kappa shape index (κ1) is 13.8. The molecule has 0 saturated carbocycles. The summed E-state index contributed by atoms with van der Waals surface area (Å²) in [5.74, 6) is 0.174. The Bertz CT molecular complexity index is 903. The van der Waals surface area contributed by atoms with Crippen LogP contribution in [0.5, 0.6) is 5.75 Å². The zero-order valence-electron chi connectivity index (χ0n) is 12.1. The quantitative estimate of drug-likeness (QED) is 0.752. The average molecular weight is 290 g/mol. The molecule has 5 nitrogen and oxygen atoms in total. The van der Waals surface area contributed by atoms with Crippen LogP contribution in [0.4, 0.5) is 0 Å². The van der Waals surface area contributed by atoms with Gasteiger partial charge in [0.05, 0.1) is 30.0 Å². The van der Waals surface area contributed by atoms with Crippen LogP contribution in [-0.2, 0) is 6.54 Å². The number of rotatable bonds is 3. The van der Waals surface area contributed by atoms with Crippen LogP contribution in [0.2, 0.25) is 0 Å². The molecule has 0 spiro atoms. The molecule has 1 aromatic carbocycles. The molecule has 1 N–H and O–H groups in total. The molecule has 5 heteroatoms. The summed E-state index contributed by atoms with van der Waals surface area (Å²) in [5.41, 5.74) is 4.19. The van der Waals surface area contributed by atoms with E-state index in [1.54, 1.807) is 24.5 Å². The normalized spacial score (nSPS) is 11.1. The van der Waals surface area contributed by atoms with E-state index in [1.165, 1.54) is 6.08 Å². The first-order chi connectivity index (χ1) is 10.7. The van der Waals surface area contributed by atoms with Crippen molar-refractivity contribution in [3.63, 3.8) is 0 Å². The summed E-state index contributed by atoms with van der Waals surface area (Å²) < 4.78 is 1.93. The van der Waals surface area contributed by atoms with Crippen LogP contribution in [-0.4, -0.2) is 19.6 Å². The number of nitrogens with zero attached hydrogens (tertiary/aromatic N) is 4. The molecule has 0 atom stereocenters. The number of fused-ring (bicyclic) bond motifs is 1. The van der Waals surface area contributed by atoms with Gasteiger partial charge in [0.15, 0.2) is 0 Å². The maximum Gasteiger partial charge on any atom is 0.138 e. The Morgan fingerprint density at radius 3 is 3.00 bits per heavy atom. The van der Waals surface area contributed by atoms with Crippen molar-refractivity contribution in [1.82, 2.24) is 14.5 Å². The molecule has 0 aliphatic rings. The first-order valence-electron chi connectivity index (χ1n) is 6.84. The van der Waals surface area contributed by atoms with Gasteiger partial charge in [-0.1, -0.05) is 6.07 Å². The molecule has 108 valence electrons. The second kappa shape index (κ2) is 5.70. The minimum Gasteiger partial charge on any atom is -0.506 e. The fourth-order valence-corrected chi connectivity index (χ4v) is 2.32. The van der Waals surface area contributed by atoms with E-state index in [0.717, 1.165) is 22.3 Å². The summed E-state index contributed by atoms with van der Waals surface area (Å²) in [6.45, 7) is 2.33. The molecule has 22 heavy (non-hydrogen) atoms. The number of nitriles is 1. The number of aryl methyl sites for hydroxylation is 1. The Kier molecular flexibility index (Phi) is 3.58. The molecule has 0 saturated heterocycles. The SMILES string of the molecule is Cc1ccc(O)c(Cn2cnc3ccc(/C=C/C#N)cc32)n1. The second-order valence-corrected chi connectivity index (χ2v) is 5.00. The lowest BCUT2D eigenvalue weighted by atomic mass is 10.2.